The smallest absolute Gasteiger partial charge is 0.339 e. The Morgan fingerprint density at radius 3 is 2.62 bits per heavy atom. The molecule has 0 amide bonds. The van der Waals surface area contributed by atoms with Crippen LogP contribution < -0.4 is 4.74 Å². The lowest BCUT2D eigenvalue weighted by atomic mass is 10.0. The molecule has 24 heavy (non-hydrogen) atoms. The summed E-state index contributed by atoms with van der Waals surface area (Å²) in [4.78, 5) is 15.6. The molecule has 1 aromatic heterocycles. The number of pyridine rings is 1. The summed E-state index contributed by atoms with van der Waals surface area (Å²) >= 11 is 0. The predicted molar refractivity (Wildman–Crippen MR) is 92.1 cm³/mol. The monoisotopic (exact) mass is 319 g/mol. The molecule has 1 heterocycles. The average Bonchev–Trinajstić information content (AvgIpc) is 2.61. The first-order valence-corrected chi connectivity index (χ1v) is 7.60. The normalized spacial score (nSPS) is 10.4. The molecule has 4 nitrogen and oxygen atoms in total. The van der Waals surface area contributed by atoms with Gasteiger partial charge in [-0.2, -0.15) is 0 Å². The minimum absolute atomic E-state index is 0.149. The molecule has 0 saturated heterocycles. The molecule has 3 aromatic rings. The SMILES string of the molecule is Cc1ccncc1-c1ccc(C(=O)O)c(OCc2ccccc2)c1. The topological polar surface area (TPSA) is 59.4 Å². The number of hydrogen-bond acceptors (Lipinski definition) is 3. The van der Waals surface area contributed by atoms with Gasteiger partial charge in [-0.25, -0.2) is 4.79 Å². The Morgan fingerprint density at radius 1 is 1.12 bits per heavy atom. The van der Waals surface area contributed by atoms with E-state index < -0.39 is 5.97 Å². The standard InChI is InChI=1S/C20H17NO3/c1-14-9-10-21-12-18(14)16-7-8-17(20(22)23)19(11-16)24-13-15-5-3-2-4-6-15/h2-12H,13H2,1H3,(H,22,23). The summed E-state index contributed by atoms with van der Waals surface area (Å²) in [7, 11) is 0. The zero-order valence-corrected chi connectivity index (χ0v) is 13.3. The molecule has 0 fully saturated rings. The van der Waals surface area contributed by atoms with Gasteiger partial charge in [-0.15, -0.1) is 0 Å². The molecule has 3 rings (SSSR count). The van der Waals surface area contributed by atoms with E-state index in [-0.39, 0.29) is 5.56 Å². The highest BCUT2D eigenvalue weighted by molar-refractivity contribution is 5.92. The van der Waals surface area contributed by atoms with E-state index in [1.807, 2.05) is 43.3 Å². The Hall–Kier alpha value is -3.14. The van der Waals surface area contributed by atoms with E-state index >= 15 is 0 Å². The van der Waals surface area contributed by atoms with Crippen molar-refractivity contribution in [2.24, 2.45) is 0 Å². The van der Waals surface area contributed by atoms with E-state index in [0.717, 1.165) is 22.3 Å². The number of aromatic carboxylic acids is 1. The third-order valence-corrected chi connectivity index (χ3v) is 3.80. The van der Waals surface area contributed by atoms with Crippen LogP contribution in [-0.2, 0) is 6.61 Å². The number of aryl methyl sites for hydroxylation is 1. The fraction of sp³-hybridized carbons (Fsp3) is 0.100. The van der Waals surface area contributed by atoms with Crippen molar-refractivity contribution < 1.29 is 14.6 Å². The van der Waals surface area contributed by atoms with Crippen molar-refractivity contribution in [3.63, 3.8) is 0 Å². The van der Waals surface area contributed by atoms with Gasteiger partial charge in [0.15, 0.2) is 0 Å². The van der Waals surface area contributed by atoms with Gasteiger partial charge in [-0.3, -0.25) is 4.98 Å². The maximum atomic E-state index is 11.5. The Bertz CT molecular complexity index is 860. The zero-order valence-electron chi connectivity index (χ0n) is 13.3. The van der Waals surface area contributed by atoms with Crippen LogP contribution in [-0.4, -0.2) is 16.1 Å². The molecule has 120 valence electrons. The van der Waals surface area contributed by atoms with Crippen molar-refractivity contribution in [2.45, 2.75) is 13.5 Å². The summed E-state index contributed by atoms with van der Waals surface area (Å²) in [6.07, 6.45) is 3.50. The largest absolute Gasteiger partial charge is 0.488 e. The van der Waals surface area contributed by atoms with Crippen LogP contribution in [0.2, 0.25) is 0 Å². The molecule has 0 atom stereocenters. The van der Waals surface area contributed by atoms with Gasteiger partial charge in [0.2, 0.25) is 0 Å². The first-order chi connectivity index (χ1) is 11.6. The van der Waals surface area contributed by atoms with Crippen LogP contribution in [0.25, 0.3) is 11.1 Å². The number of carboxylic acids is 1. The molecule has 0 aliphatic heterocycles. The van der Waals surface area contributed by atoms with Gasteiger partial charge >= 0.3 is 5.97 Å². The molecular formula is C20H17NO3. The van der Waals surface area contributed by atoms with E-state index in [1.165, 1.54) is 0 Å². The van der Waals surface area contributed by atoms with Gasteiger partial charge in [0, 0.05) is 18.0 Å². The number of carbonyl (C=O) groups is 1. The number of benzene rings is 2. The summed E-state index contributed by atoms with van der Waals surface area (Å²) in [6, 6.07) is 16.7. The number of carboxylic acid groups (broad SMARTS) is 1. The lowest BCUT2D eigenvalue weighted by Gasteiger charge is -2.12. The Labute approximate surface area is 140 Å². The summed E-state index contributed by atoms with van der Waals surface area (Å²) in [5.41, 5.74) is 4.04. The van der Waals surface area contributed by atoms with Crippen molar-refractivity contribution >= 4 is 5.97 Å². The van der Waals surface area contributed by atoms with Crippen molar-refractivity contribution in [3.05, 3.63) is 83.7 Å². The van der Waals surface area contributed by atoms with Crippen molar-refractivity contribution in [1.82, 2.24) is 4.98 Å². The summed E-state index contributed by atoms with van der Waals surface area (Å²) < 4.78 is 5.79. The molecule has 0 aliphatic carbocycles. The van der Waals surface area contributed by atoms with Crippen LogP contribution in [0.15, 0.2) is 67.0 Å². The van der Waals surface area contributed by atoms with Gasteiger partial charge in [-0.1, -0.05) is 36.4 Å². The van der Waals surface area contributed by atoms with Crippen LogP contribution in [0.1, 0.15) is 21.5 Å². The fourth-order valence-corrected chi connectivity index (χ4v) is 2.49. The quantitative estimate of drug-likeness (QED) is 0.760. The Morgan fingerprint density at radius 2 is 1.92 bits per heavy atom. The lowest BCUT2D eigenvalue weighted by molar-refractivity contribution is 0.0692. The second-order valence-corrected chi connectivity index (χ2v) is 5.48. The molecule has 0 radical (unpaired) electrons. The van der Waals surface area contributed by atoms with Gasteiger partial charge in [-0.05, 0) is 41.8 Å². The van der Waals surface area contributed by atoms with E-state index in [2.05, 4.69) is 4.98 Å². The minimum atomic E-state index is -1.01. The third-order valence-electron chi connectivity index (χ3n) is 3.80. The second-order valence-electron chi connectivity index (χ2n) is 5.48. The summed E-state index contributed by atoms with van der Waals surface area (Å²) in [5, 5.41) is 9.39. The highest BCUT2D eigenvalue weighted by Crippen LogP contribution is 2.29. The number of ether oxygens (including phenoxy) is 1. The van der Waals surface area contributed by atoms with Gasteiger partial charge in [0.1, 0.15) is 17.9 Å². The van der Waals surface area contributed by atoms with Crippen LogP contribution >= 0.6 is 0 Å². The highest BCUT2D eigenvalue weighted by atomic mass is 16.5. The molecule has 0 spiro atoms. The first-order valence-electron chi connectivity index (χ1n) is 7.60. The van der Waals surface area contributed by atoms with Crippen LogP contribution in [0, 0.1) is 6.92 Å². The van der Waals surface area contributed by atoms with Crippen molar-refractivity contribution in [2.75, 3.05) is 0 Å². The molecule has 4 heteroatoms. The van der Waals surface area contributed by atoms with Crippen LogP contribution in [0.5, 0.6) is 5.75 Å². The zero-order chi connectivity index (χ0) is 16.9. The molecule has 2 aromatic carbocycles. The molecule has 0 aliphatic rings. The average molecular weight is 319 g/mol. The molecule has 1 N–H and O–H groups in total. The Kier molecular flexibility index (Phi) is 4.57. The number of rotatable bonds is 5. The number of hydrogen-bond donors (Lipinski definition) is 1. The maximum Gasteiger partial charge on any atom is 0.339 e. The molecule has 0 unspecified atom stereocenters. The van der Waals surface area contributed by atoms with Gasteiger partial charge in [0.25, 0.3) is 0 Å². The Balaban J connectivity index is 1.95. The van der Waals surface area contributed by atoms with Crippen molar-refractivity contribution in [1.29, 1.82) is 0 Å². The van der Waals surface area contributed by atoms with E-state index in [9.17, 15) is 9.90 Å². The maximum absolute atomic E-state index is 11.5. The second kappa shape index (κ2) is 6.96. The van der Waals surface area contributed by atoms with Crippen molar-refractivity contribution in [3.8, 4) is 16.9 Å². The minimum Gasteiger partial charge on any atom is -0.488 e. The highest BCUT2D eigenvalue weighted by Gasteiger charge is 2.14. The number of aromatic nitrogens is 1. The number of nitrogens with zero attached hydrogens (tertiary/aromatic N) is 1. The van der Waals surface area contributed by atoms with Gasteiger partial charge < -0.3 is 9.84 Å². The van der Waals surface area contributed by atoms with Gasteiger partial charge in [0.05, 0.1) is 0 Å². The molecule has 0 bridgehead atoms. The van der Waals surface area contributed by atoms with E-state index in [0.29, 0.717) is 12.4 Å². The summed E-state index contributed by atoms with van der Waals surface area (Å²) in [5.74, 6) is -0.653. The fourth-order valence-electron chi connectivity index (χ4n) is 2.49. The third kappa shape index (κ3) is 3.43. The van der Waals surface area contributed by atoms with E-state index in [4.69, 9.17) is 4.74 Å². The molecule has 0 saturated carbocycles. The lowest BCUT2D eigenvalue weighted by Crippen LogP contribution is -2.04. The van der Waals surface area contributed by atoms with Crippen LogP contribution in [0.4, 0.5) is 0 Å². The molecular weight excluding hydrogens is 302 g/mol. The van der Waals surface area contributed by atoms with Crippen LogP contribution in [0.3, 0.4) is 0 Å². The first kappa shape index (κ1) is 15.7. The van der Waals surface area contributed by atoms with E-state index in [1.54, 1.807) is 30.6 Å². The predicted octanol–water partition coefficient (Wildman–Crippen LogP) is 4.33. The summed E-state index contributed by atoms with van der Waals surface area (Å²) in [6.45, 7) is 2.31.